The quantitative estimate of drug-likeness (QED) is 0.644. The smallest absolute Gasteiger partial charge is 0.326 e. The van der Waals surface area contributed by atoms with E-state index in [1.54, 1.807) is 0 Å². The summed E-state index contributed by atoms with van der Waals surface area (Å²) in [5, 5.41) is 3.39. The van der Waals surface area contributed by atoms with Crippen LogP contribution in [0, 0.1) is 0 Å². The summed E-state index contributed by atoms with van der Waals surface area (Å²) in [4.78, 5) is 12.0. The first-order valence-electron chi connectivity index (χ1n) is 7.08. The first kappa shape index (κ1) is 15.4. The number of esters is 1. The number of carbonyl (C=O) groups is 1. The molecule has 0 amide bonds. The average Bonchev–Trinajstić information content (AvgIpc) is 3.12. The van der Waals surface area contributed by atoms with Crippen LogP contribution in [-0.4, -0.2) is 36.9 Å². The molecule has 0 heterocycles. The van der Waals surface area contributed by atoms with Gasteiger partial charge < -0.3 is 9.47 Å². The van der Waals surface area contributed by atoms with Crippen molar-refractivity contribution >= 4 is 5.97 Å². The largest absolute Gasteiger partial charge is 0.465 e. The number of nitrogens with one attached hydrogen (secondary N) is 1. The van der Waals surface area contributed by atoms with Crippen molar-refractivity contribution in [3.8, 4) is 0 Å². The van der Waals surface area contributed by atoms with Gasteiger partial charge in [-0.05, 0) is 46.5 Å². The Morgan fingerprint density at radius 1 is 1.44 bits per heavy atom. The summed E-state index contributed by atoms with van der Waals surface area (Å²) in [5.41, 5.74) is -0.607. The zero-order chi connectivity index (χ0) is 13.6. The molecular formula is C14H27NO3. The topological polar surface area (TPSA) is 47.6 Å². The maximum Gasteiger partial charge on any atom is 0.326 e. The van der Waals surface area contributed by atoms with Gasteiger partial charge in [0, 0.05) is 12.6 Å². The molecule has 0 aromatic carbocycles. The maximum absolute atomic E-state index is 12.0. The Kier molecular flexibility index (Phi) is 6.09. The van der Waals surface area contributed by atoms with E-state index in [4.69, 9.17) is 9.47 Å². The third-order valence-corrected chi connectivity index (χ3v) is 3.41. The third kappa shape index (κ3) is 4.94. The highest BCUT2D eigenvalue weighted by Gasteiger charge is 2.39. The van der Waals surface area contributed by atoms with Gasteiger partial charge in [0.2, 0.25) is 0 Å². The zero-order valence-corrected chi connectivity index (χ0v) is 12.1. The molecule has 1 aliphatic rings. The Morgan fingerprint density at radius 3 is 2.61 bits per heavy atom. The summed E-state index contributed by atoms with van der Waals surface area (Å²) in [6.45, 7) is 8.92. The predicted octanol–water partition coefficient (Wildman–Crippen LogP) is 2.27. The molecule has 1 saturated carbocycles. The van der Waals surface area contributed by atoms with Crippen LogP contribution in [0.25, 0.3) is 0 Å². The molecule has 0 radical (unpaired) electrons. The van der Waals surface area contributed by atoms with Gasteiger partial charge in [-0.2, -0.15) is 0 Å². The summed E-state index contributed by atoms with van der Waals surface area (Å²) in [5.74, 6) is -0.162. The van der Waals surface area contributed by atoms with Crippen LogP contribution in [0.15, 0.2) is 0 Å². The van der Waals surface area contributed by atoms with E-state index < -0.39 is 5.54 Å². The lowest BCUT2D eigenvalue weighted by molar-refractivity contribution is -0.151. The normalized spacial score (nSPS) is 20.2. The van der Waals surface area contributed by atoms with E-state index in [1.807, 2.05) is 13.8 Å². The Balaban J connectivity index is 2.45. The van der Waals surface area contributed by atoms with Gasteiger partial charge in [-0.15, -0.1) is 0 Å². The molecule has 0 aliphatic heterocycles. The standard InChI is InChI=1S/C14H27NO3/c1-5-11(3)18-10-9-14(4,13(16)17-6-2)15-12-7-8-12/h11-12,15H,5-10H2,1-4H3. The number of ether oxygens (including phenoxy) is 2. The van der Waals surface area contributed by atoms with Crippen molar-refractivity contribution in [2.45, 2.75) is 71.1 Å². The zero-order valence-electron chi connectivity index (χ0n) is 12.1. The fourth-order valence-corrected chi connectivity index (χ4v) is 1.78. The summed E-state index contributed by atoms with van der Waals surface area (Å²) < 4.78 is 10.8. The number of carbonyl (C=O) groups excluding carboxylic acids is 1. The molecule has 0 aromatic heterocycles. The molecule has 1 aliphatic carbocycles. The Labute approximate surface area is 110 Å². The third-order valence-electron chi connectivity index (χ3n) is 3.41. The van der Waals surface area contributed by atoms with Crippen molar-refractivity contribution in [1.29, 1.82) is 0 Å². The first-order valence-corrected chi connectivity index (χ1v) is 7.08. The van der Waals surface area contributed by atoms with E-state index in [1.165, 1.54) is 0 Å². The molecule has 0 aromatic rings. The molecule has 106 valence electrons. The van der Waals surface area contributed by atoms with E-state index in [-0.39, 0.29) is 12.1 Å². The van der Waals surface area contributed by atoms with E-state index >= 15 is 0 Å². The van der Waals surface area contributed by atoms with E-state index in [2.05, 4.69) is 19.2 Å². The van der Waals surface area contributed by atoms with Crippen LogP contribution >= 0.6 is 0 Å². The van der Waals surface area contributed by atoms with E-state index in [0.717, 1.165) is 19.3 Å². The van der Waals surface area contributed by atoms with Gasteiger partial charge in [-0.3, -0.25) is 10.1 Å². The minimum absolute atomic E-state index is 0.162. The second-order valence-electron chi connectivity index (χ2n) is 5.31. The molecule has 2 atom stereocenters. The van der Waals surface area contributed by atoms with Gasteiger partial charge in [0.05, 0.1) is 12.7 Å². The van der Waals surface area contributed by atoms with Crippen molar-refractivity contribution in [1.82, 2.24) is 5.32 Å². The van der Waals surface area contributed by atoms with Crippen LogP contribution in [-0.2, 0) is 14.3 Å². The summed E-state index contributed by atoms with van der Waals surface area (Å²) in [7, 11) is 0. The molecule has 4 nitrogen and oxygen atoms in total. The van der Waals surface area contributed by atoms with Crippen LogP contribution in [0.4, 0.5) is 0 Å². The van der Waals surface area contributed by atoms with Crippen LogP contribution in [0.1, 0.15) is 53.4 Å². The molecule has 4 heteroatoms. The van der Waals surface area contributed by atoms with Gasteiger partial charge in [0.15, 0.2) is 0 Å². The first-order chi connectivity index (χ1) is 8.51. The van der Waals surface area contributed by atoms with Gasteiger partial charge in [-0.25, -0.2) is 0 Å². The van der Waals surface area contributed by atoms with Crippen LogP contribution in [0.2, 0.25) is 0 Å². The molecule has 2 unspecified atom stereocenters. The summed E-state index contributed by atoms with van der Waals surface area (Å²) >= 11 is 0. The number of hydrogen-bond acceptors (Lipinski definition) is 4. The Hall–Kier alpha value is -0.610. The molecule has 1 N–H and O–H groups in total. The molecule has 1 rings (SSSR count). The highest BCUT2D eigenvalue weighted by molar-refractivity contribution is 5.80. The summed E-state index contributed by atoms with van der Waals surface area (Å²) in [6, 6.07) is 0.475. The predicted molar refractivity (Wildman–Crippen MR) is 71.5 cm³/mol. The Bertz CT molecular complexity index is 266. The fourth-order valence-electron chi connectivity index (χ4n) is 1.78. The van der Waals surface area contributed by atoms with Gasteiger partial charge >= 0.3 is 5.97 Å². The number of rotatable bonds is 9. The maximum atomic E-state index is 12.0. The average molecular weight is 257 g/mol. The van der Waals surface area contributed by atoms with Crippen molar-refractivity contribution in [2.24, 2.45) is 0 Å². The molecule has 0 saturated heterocycles. The van der Waals surface area contributed by atoms with Gasteiger partial charge in [0.25, 0.3) is 0 Å². The summed E-state index contributed by atoms with van der Waals surface area (Å²) in [6.07, 6.45) is 4.21. The molecule has 0 spiro atoms. The monoisotopic (exact) mass is 257 g/mol. The minimum atomic E-state index is -0.607. The molecule has 1 fully saturated rings. The van der Waals surface area contributed by atoms with E-state index in [9.17, 15) is 4.79 Å². The second kappa shape index (κ2) is 7.10. The molecule has 0 bridgehead atoms. The minimum Gasteiger partial charge on any atom is -0.465 e. The lowest BCUT2D eigenvalue weighted by Gasteiger charge is -2.29. The SMILES string of the molecule is CCOC(=O)C(C)(CCOC(C)CC)NC1CC1. The molecular weight excluding hydrogens is 230 g/mol. The lowest BCUT2D eigenvalue weighted by Crippen LogP contribution is -2.52. The van der Waals surface area contributed by atoms with Crippen molar-refractivity contribution < 1.29 is 14.3 Å². The van der Waals surface area contributed by atoms with E-state index in [0.29, 0.717) is 25.7 Å². The van der Waals surface area contributed by atoms with Crippen LogP contribution < -0.4 is 5.32 Å². The number of hydrogen-bond donors (Lipinski definition) is 1. The van der Waals surface area contributed by atoms with Crippen LogP contribution in [0.5, 0.6) is 0 Å². The highest BCUT2D eigenvalue weighted by atomic mass is 16.5. The van der Waals surface area contributed by atoms with Crippen molar-refractivity contribution in [3.63, 3.8) is 0 Å². The van der Waals surface area contributed by atoms with Gasteiger partial charge in [-0.1, -0.05) is 6.92 Å². The van der Waals surface area contributed by atoms with Crippen molar-refractivity contribution in [3.05, 3.63) is 0 Å². The molecule has 18 heavy (non-hydrogen) atoms. The fraction of sp³-hybridized carbons (Fsp3) is 0.929. The Morgan fingerprint density at radius 2 is 2.11 bits per heavy atom. The lowest BCUT2D eigenvalue weighted by atomic mass is 9.98. The highest BCUT2D eigenvalue weighted by Crippen LogP contribution is 2.25. The van der Waals surface area contributed by atoms with Gasteiger partial charge in [0.1, 0.15) is 5.54 Å². The van der Waals surface area contributed by atoms with Crippen molar-refractivity contribution in [2.75, 3.05) is 13.2 Å². The van der Waals surface area contributed by atoms with Crippen LogP contribution in [0.3, 0.4) is 0 Å². The second-order valence-corrected chi connectivity index (χ2v) is 5.31.